The van der Waals surface area contributed by atoms with Crippen LogP contribution < -0.4 is 14.8 Å². The Balaban J connectivity index is 1.46. The summed E-state index contributed by atoms with van der Waals surface area (Å²) in [5, 5.41) is 10.0. The van der Waals surface area contributed by atoms with Crippen LogP contribution in [0.4, 0.5) is 8.78 Å². The molecule has 2 aromatic rings. The number of rotatable bonds is 5. The van der Waals surface area contributed by atoms with E-state index in [9.17, 15) is 22.7 Å². The number of nitrogens with one attached hydrogen (secondary N) is 2. The molecule has 8 nitrogen and oxygen atoms in total. The molecule has 1 aromatic heterocycles. The summed E-state index contributed by atoms with van der Waals surface area (Å²) < 4.78 is 54.9. The van der Waals surface area contributed by atoms with Gasteiger partial charge in [0.05, 0.1) is 22.9 Å². The molecule has 0 spiro atoms. The molecule has 4 N–H and O–H groups in total. The fourth-order valence-electron chi connectivity index (χ4n) is 3.88. The summed E-state index contributed by atoms with van der Waals surface area (Å²) in [5.41, 5.74) is 0.996. The van der Waals surface area contributed by atoms with E-state index in [0.717, 1.165) is 0 Å². The molecule has 1 saturated heterocycles. The van der Waals surface area contributed by atoms with Gasteiger partial charge in [0.2, 0.25) is 5.91 Å². The van der Waals surface area contributed by atoms with Crippen LogP contribution in [0.3, 0.4) is 0 Å². The van der Waals surface area contributed by atoms with Gasteiger partial charge in [-0.1, -0.05) is 12.1 Å². The Morgan fingerprint density at radius 1 is 1.47 bits per heavy atom. The van der Waals surface area contributed by atoms with Crippen LogP contribution in [-0.4, -0.2) is 55.5 Å². The number of halogens is 2. The number of benzene rings is 1. The first-order valence-corrected chi connectivity index (χ1v) is 11.3. The van der Waals surface area contributed by atoms with Crippen LogP contribution in [0.15, 0.2) is 24.3 Å². The highest BCUT2D eigenvalue weighted by molar-refractivity contribution is 8.24. The second-order valence-electron chi connectivity index (χ2n) is 7.95. The molecular formula is C19H23F2N3O5S. The number of aromatic nitrogens is 2. The van der Waals surface area contributed by atoms with Gasteiger partial charge in [-0.25, -0.2) is 0 Å². The first-order valence-electron chi connectivity index (χ1n) is 9.45. The molecule has 2 atom stereocenters. The zero-order valence-electron chi connectivity index (χ0n) is 16.2. The fourth-order valence-corrected chi connectivity index (χ4v) is 6.03. The van der Waals surface area contributed by atoms with Crippen molar-refractivity contribution in [1.82, 2.24) is 15.5 Å². The Hall–Kier alpha value is -2.37. The standard InChI is InChI=1S/C19H23F2N3O5S/c1-19(5-6-30(26,27)10-19)22-17(25)12-8-14-16(28-9-12)15(24-23-14)11-3-2-4-13(7-11)29-18(20)21/h2-4,7,12,18,26-27H,5-6,8-10H2,1H3,(H,22,25)(H,23,24). The molecule has 2 aliphatic rings. The summed E-state index contributed by atoms with van der Waals surface area (Å²) in [6, 6.07) is 6.16. The molecule has 0 saturated carbocycles. The first kappa shape index (κ1) is 20.9. The highest BCUT2D eigenvalue weighted by Crippen LogP contribution is 2.50. The number of carbonyl (C=O) groups excluding carboxylic acids is 1. The van der Waals surface area contributed by atoms with Crippen LogP contribution in [0.25, 0.3) is 11.3 Å². The maximum atomic E-state index is 12.7. The van der Waals surface area contributed by atoms with E-state index in [2.05, 4.69) is 20.3 Å². The van der Waals surface area contributed by atoms with Crippen molar-refractivity contribution in [2.24, 2.45) is 5.92 Å². The number of H-pyrrole nitrogens is 1. The van der Waals surface area contributed by atoms with Crippen LogP contribution in [0.1, 0.15) is 19.0 Å². The van der Waals surface area contributed by atoms with Gasteiger partial charge in [-0.2, -0.15) is 24.5 Å². The van der Waals surface area contributed by atoms with E-state index in [-0.39, 0.29) is 29.8 Å². The third-order valence-electron chi connectivity index (χ3n) is 5.33. The third-order valence-corrected chi connectivity index (χ3v) is 7.29. The van der Waals surface area contributed by atoms with Crippen molar-refractivity contribution >= 4 is 16.5 Å². The minimum atomic E-state index is -2.92. The fraction of sp³-hybridized carbons (Fsp3) is 0.474. The number of amides is 1. The summed E-state index contributed by atoms with van der Waals surface area (Å²) >= 11 is 0. The minimum Gasteiger partial charge on any atom is -0.488 e. The number of hydrogen-bond donors (Lipinski definition) is 4. The van der Waals surface area contributed by atoms with E-state index in [0.29, 0.717) is 35.5 Å². The van der Waals surface area contributed by atoms with Gasteiger partial charge in [-0.3, -0.25) is 19.0 Å². The first-order chi connectivity index (χ1) is 14.1. The van der Waals surface area contributed by atoms with Crippen LogP contribution in [0.2, 0.25) is 0 Å². The third kappa shape index (κ3) is 4.37. The van der Waals surface area contributed by atoms with E-state index in [4.69, 9.17) is 4.74 Å². The predicted octanol–water partition coefficient (Wildman–Crippen LogP) is 3.26. The van der Waals surface area contributed by atoms with Crippen molar-refractivity contribution in [2.45, 2.75) is 31.9 Å². The second kappa shape index (κ2) is 7.71. The zero-order valence-corrected chi connectivity index (χ0v) is 17.0. The number of nitrogens with zero attached hydrogens (tertiary/aromatic N) is 1. The van der Waals surface area contributed by atoms with Gasteiger partial charge in [-0.15, -0.1) is 0 Å². The molecule has 3 heterocycles. The zero-order chi connectivity index (χ0) is 21.5. The van der Waals surface area contributed by atoms with Gasteiger partial charge in [0.1, 0.15) is 18.1 Å². The maximum absolute atomic E-state index is 12.7. The lowest BCUT2D eigenvalue weighted by molar-refractivity contribution is -0.127. The predicted molar refractivity (Wildman–Crippen MR) is 107 cm³/mol. The van der Waals surface area contributed by atoms with E-state index in [1.165, 1.54) is 12.1 Å². The molecule has 0 bridgehead atoms. The highest BCUT2D eigenvalue weighted by atomic mass is 32.3. The van der Waals surface area contributed by atoms with Gasteiger partial charge in [0.25, 0.3) is 0 Å². The Morgan fingerprint density at radius 3 is 2.97 bits per heavy atom. The average molecular weight is 443 g/mol. The smallest absolute Gasteiger partial charge is 0.387 e. The Bertz CT molecular complexity index is 954. The number of carbonyl (C=O) groups is 1. The molecule has 0 radical (unpaired) electrons. The summed E-state index contributed by atoms with van der Waals surface area (Å²) in [6.07, 6.45) is 0.874. The van der Waals surface area contributed by atoms with E-state index in [1.54, 1.807) is 12.1 Å². The summed E-state index contributed by atoms with van der Waals surface area (Å²) in [4.78, 5) is 12.7. The van der Waals surface area contributed by atoms with Gasteiger partial charge in [-0.05, 0) is 25.5 Å². The maximum Gasteiger partial charge on any atom is 0.387 e. The normalized spacial score (nSPS) is 26.0. The average Bonchev–Trinajstić information content (AvgIpc) is 3.20. The van der Waals surface area contributed by atoms with E-state index >= 15 is 0 Å². The Morgan fingerprint density at radius 2 is 2.27 bits per heavy atom. The van der Waals surface area contributed by atoms with Crippen molar-refractivity contribution in [3.05, 3.63) is 30.0 Å². The van der Waals surface area contributed by atoms with Gasteiger partial charge >= 0.3 is 6.61 Å². The number of aromatic amines is 1. The molecule has 164 valence electrons. The van der Waals surface area contributed by atoms with Crippen molar-refractivity contribution < 1.29 is 32.2 Å². The monoisotopic (exact) mass is 443 g/mol. The summed E-state index contributed by atoms with van der Waals surface area (Å²) in [7, 11) is -2.64. The Kier molecular flexibility index (Phi) is 5.37. The minimum absolute atomic E-state index is 0.0168. The molecule has 2 unspecified atom stereocenters. The summed E-state index contributed by atoms with van der Waals surface area (Å²) in [6.45, 7) is -0.983. The molecule has 1 fully saturated rings. The van der Waals surface area contributed by atoms with Crippen molar-refractivity contribution in [1.29, 1.82) is 0 Å². The highest BCUT2D eigenvalue weighted by Gasteiger charge is 2.41. The number of alkyl halides is 2. The largest absolute Gasteiger partial charge is 0.488 e. The molecule has 11 heteroatoms. The second-order valence-corrected chi connectivity index (χ2v) is 10.3. The molecule has 0 aliphatic carbocycles. The quantitative estimate of drug-likeness (QED) is 0.564. The topological polar surface area (TPSA) is 117 Å². The molecule has 4 rings (SSSR count). The lowest BCUT2D eigenvalue weighted by Gasteiger charge is -2.32. The lowest BCUT2D eigenvalue weighted by atomic mass is 9.96. The van der Waals surface area contributed by atoms with Crippen molar-refractivity contribution in [3.63, 3.8) is 0 Å². The Labute approximate surface area is 173 Å². The van der Waals surface area contributed by atoms with Crippen LogP contribution in [0.5, 0.6) is 11.5 Å². The molecule has 1 aromatic carbocycles. The molecule has 30 heavy (non-hydrogen) atoms. The molecule has 1 amide bonds. The van der Waals surface area contributed by atoms with Crippen molar-refractivity contribution in [2.75, 3.05) is 18.1 Å². The lowest BCUT2D eigenvalue weighted by Crippen LogP contribution is -2.50. The van der Waals surface area contributed by atoms with E-state index < -0.39 is 28.7 Å². The SMILES string of the molecule is CC1(NC(=O)C2COc3c(-c4cccc(OC(F)F)c4)n[nH]c3C2)CCS(O)(O)C1. The van der Waals surface area contributed by atoms with Gasteiger partial charge in [0.15, 0.2) is 5.75 Å². The van der Waals surface area contributed by atoms with E-state index in [1.807, 2.05) is 6.92 Å². The molecule has 2 aliphatic heterocycles. The number of fused-ring (bicyclic) bond motifs is 1. The van der Waals surface area contributed by atoms with Crippen LogP contribution in [0, 0.1) is 5.92 Å². The van der Waals surface area contributed by atoms with Crippen LogP contribution in [-0.2, 0) is 11.2 Å². The number of hydrogen-bond acceptors (Lipinski definition) is 6. The van der Waals surface area contributed by atoms with Crippen LogP contribution >= 0.6 is 10.6 Å². The summed E-state index contributed by atoms with van der Waals surface area (Å²) in [5.74, 6) is 0.253. The van der Waals surface area contributed by atoms with Gasteiger partial charge in [0, 0.05) is 17.7 Å². The molecular weight excluding hydrogens is 420 g/mol. The number of ether oxygens (including phenoxy) is 2. The van der Waals surface area contributed by atoms with Gasteiger partial charge < -0.3 is 14.8 Å². The van der Waals surface area contributed by atoms with Crippen molar-refractivity contribution in [3.8, 4) is 22.8 Å².